The number of para-hydroxylation sites is 1. The van der Waals surface area contributed by atoms with Gasteiger partial charge >= 0.3 is 0 Å². The number of nitrogens with zero attached hydrogens (tertiary/aromatic N) is 3. The summed E-state index contributed by atoms with van der Waals surface area (Å²) in [5.74, 6) is -0.232. The van der Waals surface area contributed by atoms with Crippen molar-refractivity contribution < 1.29 is 9.59 Å². The molecule has 142 valence electrons. The molecule has 0 saturated carbocycles. The zero-order chi connectivity index (χ0) is 20.0. The van der Waals surface area contributed by atoms with E-state index in [1.54, 1.807) is 18.3 Å². The Morgan fingerprint density at radius 2 is 1.69 bits per heavy atom. The molecule has 0 spiro atoms. The third kappa shape index (κ3) is 2.96. The molecule has 4 aromatic rings. The number of rotatable bonds is 3. The molecular weight excluding hydrogens is 430 g/mol. The average Bonchev–Trinajstić information content (AvgIpc) is 3.26. The summed E-state index contributed by atoms with van der Waals surface area (Å²) in [6, 6.07) is 22.8. The molecule has 2 amide bonds. The summed E-state index contributed by atoms with van der Waals surface area (Å²) in [5.41, 5.74) is 2.33. The topological polar surface area (TPSA) is 55.2 Å². The minimum atomic E-state index is -0.555. The van der Waals surface area contributed by atoms with Crippen LogP contribution in [-0.4, -0.2) is 21.4 Å². The number of carbonyl (C=O) groups is 2. The van der Waals surface area contributed by atoms with Crippen LogP contribution in [0.3, 0.4) is 0 Å². The van der Waals surface area contributed by atoms with E-state index in [1.807, 2.05) is 65.2 Å². The largest absolute Gasteiger partial charge is 0.297 e. The quantitative estimate of drug-likeness (QED) is 0.424. The summed E-state index contributed by atoms with van der Waals surface area (Å²) < 4.78 is 2.88. The molecule has 1 saturated heterocycles. The van der Waals surface area contributed by atoms with E-state index in [-0.39, 0.29) is 18.2 Å². The third-order valence-electron chi connectivity index (χ3n) is 5.21. The van der Waals surface area contributed by atoms with E-state index in [4.69, 9.17) is 0 Å². The normalized spacial score (nSPS) is 16.7. The monoisotopic (exact) mass is 445 g/mol. The van der Waals surface area contributed by atoms with Crippen molar-refractivity contribution in [3.05, 3.63) is 89.2 Å². The van der Waals surface area contributed by atoms with Crippen LogP contribution >= 0.6 is 15.9 Å². The first kappa shape index (κ1) is 17.8. The Kier molecular flexibility index (Phi) is 4.28. The van der Waals surface area contributed by atoms with Crippen LogP contribution in [0, 0.1) is 0 Å². The molecule has 5 nitrogen and oxygen atoms in total. The number of anilines is 1. The zero-order valence-electron chi connectivity index (χ0n) is 15.3. The van der Waals surface area contributed by atoms with Crippen LogP contribution < -0.4 is 4.90 Å². The lowest BCUT2D eigenvalue weighted by molar-refractivity contribution is -0.121. The molecule has 0 radical (unpaired) electrons. The van der Waals surface area contributed by atoms with Crippen molar-refractivity contribution in [3.63, 3.8) is 0 Å². The van der Waals surface area contributed by atoms with E-state index in [9.17, 15) is 9.59 Å². The van der Waals surface area contributed by atoms with Crippen LogP contribution in [0.25, 0.3) is 16.7 Å². The number of carbonyl (C=O) groups excluding carboxylic acids is 2. The molecule has 2 aromatic heterocycles. The highest BCUT2D eigenvalue weighted by atomic mass is 79.9. The number of hydrogen-bond acceptors (Lipinski definition) is 3. The van der Waals surface area contributed by atoms with E-state index in [2.05, 4.69) is 20.9 Å². The minimum absolute atomic E-state index is 0.137. The second-order valence-corrected chi connectivity index (χ2v) is 7.87. The van der Waals surface area contributed by atoms with E-state index in [0.29, 0.717) is 5.69 Å². The molecule has 6 heteroatoms. The van der Waals surface area contributed by atoms with Gasteiger partial charge in [0.25, 0.3) is 0 Å². The van der Waals surface area contributed by atoms with Crippen molar-refractivity contribution in [2.24, 2.45) is 0 Å². The van der Waals surface area contributed by atoms with E-state index in [1.165, 1.54) is 4.90 Å². The molecule has 1 aliphatic heterocycles. The maximum Gasteiger partial charge on any atom is 0.243 e. The fourth-order valence-electron chi connectivity index (χ4n) is 3.90. The average molecular weight is 446 g/mol. The van der Waals surface area contributed by atoms with Gasteiger partial charge in [0, 0.05) is 28.2 Å². The fraction of sp³-hybridized carbons (Fsp3) is 0.0870. The summed E-state index contributed by atoms with van der Waals surface area (Å²) in [6.45, 7) is 0. The number of imide groups is 1. The van der Waals surface area contributed by atoms with Gasteiger partial charge in [0.2, 0.25) is 11.8 Å². The van der Waals surface area contributed by atoms with Crippen molar-refractivity contribution in [1.29, 1.82) is 0 Å². The van der Waals surface area contributed by atoms with Gasteiger partial charge in [-0.05, 0) is 48.5 Å². The second-order valence-electron chi connectivity index (χ2n) is 6.95. The Hall–Kier alpha value is -3.25. The number of hydrogen-bond donors (Lipinski definition) is 0. The van der Waals surface area contributed by atoms with Gasteiger partial charge in [-0.1, -0.05) is 40.2 Å². The molecule has 29 heavy (non-hydrogen) atoms. The van der Waals surface area contributed by atoms with Crippen molar-refractivity contribution in [1.82, 2.24) is 9.55 Å². The van der Waals surface area contributed by atoms with E-state index in [0.717, 1.165) is 26.9 Å². The standard InChI is InChI=1S/C23H16BrN3O2/c24-16-8-10-17(11-9-16)26-22(28)14-18(23(26)29)20-13-15-5-1-2-6-19(15)27(20)21-7-3-4-12-25-21/h1-13,18H,14H2. The summed E-state index contributed by atoms with van der Waals surface area (Å²) in [7, 11) is 0. The Bertz CT molecular complexity index is 1230. The van der Waals surface area contributed by atoms with Crippen molar-refractivity contribution >= 4 is 44.3 Å². The Morgan fingerprint density at radius 1 is 0.931 bits per heavy atom. The summed E-state index contributed by atoms with van der Waals surface area (Å²) in [5, 5.41) is 1.01. The molecule has 1 unspecified atom stereocenters. The maximum atomic E-state index is 13.3. The van der Waals surface area contributed by atoms with Gasteiger partial charge in [0.15, 0.2) is 0 Å². The number of aromatic nitrogens is 2. The van der Waals surface area contributed by atoms with E-state index >= 15 is 0 Å². The van der Waals surface area contributed by atoms with Gasteiger partial charge in [-0.15, -0.1) is 0 Å². The molecule has 0 N–H and O–H groups in total. The molecule has 1 fully saturated rings. The number of benzene rings is 2. The number of pyridine rings is 1. The zero-order valence-corrected chi connectivity index (χ0v) is 16.9. The number of fused-ring (bicyclic) bond motifs is 1. The Morgan fingerprint density at radius 3 is 2.45 bits per heavy atom. The lowest BCUT2D eigenvalue weighted by Gasteiger charge is -2.16. The molecule has 0 bridgehead atoms. The maximum absolute atomic E-state index is 13.3. The molecular formula is C23H16BrN3O2. The van der Waals surface area contributed by atoms with Gasteiger partial charge in [-0.3, -0.25) is 14.2 Å². The van der Waals surface area contributed by atoms with Crippen LogP contribution in [0.4, 0.5) is 5.69 Å². The van der Waals surface area contributed by atoms with Gasteiger partial charge < -0.3 is 0 Å². The third-order valence-corrected chi connectivity index (χ3v) is 5.73. The van der Waals surface area contributed by atoms with Crippen molar-refractivity contribution in [2.75, 3.05) is 4.90 Å². The van der Waals surface area contributed by atoms with Crippen LogP contribution in [0.1, 0.15) is 18.0 Å². The smallest absolute Gasteiger partial charge is 0.243 e. The summed E-state index contributed by atoms with van der Waals surface area (Å²) in [4.78, 5) is 31.9. The molecule has 3 heterocycles. The van der Waals surface area contributed by atoms with Gasteiger partial charge in [0.1, 0.15) is 5.82 Å². The highest BCUT2D eigenvalue weighted by Crippen LogP contribution is 2.37. The van der Waals surface area contributed by atoms with Crippen LogP contribution in [0.5, 0.6) is 0 Å². The van der Waals surface area contributed by atoms with E-state index < -0.39 is 5.92 Å². The first-order valence-corrected chi connectivity index (χ1v) is 10.1. The molecule has 5 rings (SSSR count). The molecule has 2 aromatic carbocycles. The van der Waals surface area contributed by atoms with Gasteiger partial charge in [0.05, 0.1) is 17.1 Å². The lowest BCUT2D eigenvalue weighted by Crippen LogP contribution is -2.30. The first-order chi connectivity index (χ1) is 14.1. The number of halogens is 1. The SMILES string of the molecule is O=C1CC(c2cc3ccccc3n2-c2ccccn2)C(=O)N1c1ccc(Br)cc1. The van der Waals surface area contributed by atoms with Crippen LogP contribution in [-0.2, 0) is 9.59 Å². The molecule has 1 aliphatic rings. The van der Waals surface area contributed by atoms with Crippen LogP contribution in [0.15, 0.2) is 83.5 Å². The Balaban J connectivity index is 1.64. The van der Waals surface area contributed by atoms with Crippen molar-refractivity contribution in [2.45, 2.75) is 12.3 Å². The second kappa shape index (κ2) is 6.97. The molecule has 1 atom stereocenters. The highest BCUT2D eigenvalue weighted by Gasteiger charge is 2.42. The lowest BCUT2D eigenvalue weighted by atomic mass is 10.0. The fourth-order valence-corrected chi connectivity index (χ4v) is 4.16. The first-order valence-electron chi connectivity index (χ1n) is 9.27. The summed E-state index contributed by atoms with van der Waals surface area (Å²) in [6.07, 6.45) is 1.86. The minimum Gasteiger partial charge on any atom is -0.297 e. The summed E-state index contributed by atoms with van der Waals surface area (Å²) >= 11 is 3.39. The predicted molar refractivity (Wildman–Crippen MR) is 115 cm³/mol. The van der Waals surface area contributed by atoms with Gasteiger partial charge in [-0.2, -0.15) is 0 Å². The van der Waals surface area contributed by atoms with Gasteiger partial charge in [-0.25, -0.2) is 9.88 Å². The van der Waals surface area contributed by atoms with Crippen LogP contribution in [0.2, 0.25) is 0 Å². The predicted octanol–water partition coefficient (Wildman–Crippen LogP) is 4.84. The Labute approximate surface area is 175 Å². The highest BCUT2D eigenvalue weighted by molar-refractivity contribution is 9.10. The molecule has 0 aliphatic carbocycles. The van der Waals surface area contributed by atoms with Crippen molar-refractivity contribution in [3.8, 4) is 5.82 Å². The number of amides is 2.